The number of anilines is 2. The first-order valence-electron chi connectivity index (χ1n) is 8.61. The third kappa shape index (κ3) is 4.76. The molecule has 0 radical (unpaired) electrons. The Hall–Kier alpha value is -2.48. The maximum absolute atomic E-state index is 11.6. The van der Waals surface area contributed by atoms with Gasteiger partial charge in [-0.1, -0.05) is 0 Å². The van der Waals surface area contributed by atoms with Crippen LogP contribution in [0.25, 0.3) is 0 Å². The van der Waals surface area contributed by atoms with Gasteiger partial charge < -0.3 is 15.1 Å². The Morgan fingerprint density at radius 3 is 2.72 bits per heavy atom. The van der Waals surface area contributed by atoms with Gasteiger partial charge in [0.1, 0.15) is 18.0 Å². The average molecular weight is 343 g/mol. The zero-order valence-corrected chi connectivity index (χ0v) is 14.8. The molecule has 0 saturated carbocycles. The molecule has 1 aliphatic heterocycles. The maximum atomic E-state index is 11.6. The molecular formula is C17H25N7O. The van der Waals surface area contributed by atoms with E-state index >= 15 is 0 Å². The molecule has 0 spiro atoms. The summed E-state index contributed by atoms with van der Waals surface area (Å²) in [7, 11) is 3.94. The van der Waals surface area contributed by atoms with Crippen LogP contribution in [0.4, 0.5) is 11.6 Å². The van der Waals surface area contributed by atoms with Gasteiger partial charge in [-0.2, -0.15) is 0 Å². The highest BCUT2D eigenvalue weighted by molar-refractivity contribution is 5.47. The van der Waals surface area contributed by atoms with Crippen LogP contribution in [0.15, 0.2) is 35.6 Å². The van der Waals surface area contributed by atoms with E-state index in [1.807, 2.05) is 25.1 Å². The molecule has 0 aliphatic carbocycles. The molecule has 2 aromatic heterocycles. The van der Waals surface area contributed by atoms with Crippen molar-refractivity contribution in [1.29, 1.82) is 0 Å². The molecule has 1 N–H and O–H groups in total. The van der Waals surface area contributed by atoms with Crippen molar-refractivity contribution in [2.24, 2.45) is 0 Å². The van der Waals surface area contributed by atoms with Gasteiger partial charge in [0.05, 0.1) is 0 Å². The topological polar surface area (TPSA) is 79.2 Å². The van der Waals surface area contributed by atoms with E-state index in [0.29, 0.717) is 12.6 Å². The van der Waals surface area contributed by atoms with Crippen LogP contribution in [-0.2, 0) is 6.54 Å². The van der Waals surface area contributed by atoms with Crippen LogP contribution in [0.2, 0.25) is 0 Å². The predicted molar refractivity (Wildman–Crippen MR) is 97.9 cm³/mol. The zero-order valence-electron chi connectivity index (χ0n) is 14.8. The highest BCUT2D eigenvalue weighted by Crippen LogP contribution is 2.17. The van der Waals surface area contributed by atoms with Crippen molar-refractivity contribution in [2.75, 3.05) is 43.9 Å². The Kier molecular flexibility index (Phi) is 5.60. The number of likely N-dealkylation sites (tertiary alicyclic amines) is 1. The van der Waals surface area contributed by atoms with E-state index < -0.39 is 0 Å². The molecule has 0 aromatic carbocycles. The van der Waals surface area contributed by atoms with Crippen LogP contribution in [0.3, 0.4) is 0 Å². The van der Waals surface area contributed by atoms with E-state index in [-0.39, 0.29) is 5.69 Å². The number of nitrogens with zero attached hydrogens (tertiary/aromatic N) is 6. The van der Waals surface area contributed by atoms with Crippen molar-refractivity contribution in [3.63, 3.8) is 0 Å². The van der Waals surface area contributed by atoms with E-state index in [2.05, 4.69) is 25.2 Å². The average Bonchev–Trinajstić information content (AvgIpc) is 2.62. The normalized spacial score (nSPS) is 15.9. The summed E-state index contributed by atoms with van der Waals surface area (Å²) in [5, 5.41) is 3.51. The third-order valence-electron chi connectivity index (χ3n) is 4.49. The number of nitrogens with one attached hydrogen (secondary N) is 1. The third-order valence-corrected chi connectivity index (χ3v) is 4.49. The van der Waals surface area contributed by atoms with E-state index in [9.17, 15) is 4.79 Å². The molecule has 1 saturated heterocycles. The monoisotopic (exact) mass is 343 g/mol. The lowest BCUT2D eigenvalue weighted by Crippen LogP contribution is -2.41. The van der Waals surface area contributed by atoms with Crippen molar-refractivity contribution >= 4 is 11.6 Å². The number of piperidine rings is 1. The quantitative estimate of drug-likeness (QED) is 0.826. The first kappa shape index (κ1) is 17.3. The second-order valence-corrected chi connectivity index (χ2v) is 6.51. The van der Waals surface area contributed by atoms with Crippen LogP contribution in [0.5, 0.6) is 0 Å². The first-order valence-corrected chi connectivity index (χ1v) is 8.61. The van der Waals surface area contributed by atoms with Gasteiger partial charge in [0.2, 0.25) is 0 Å². The number of hydrogen-bond acceptors (Lipinski definition) is 7. The van der Waals surface area contributed by atoms with Crippen LogP contribution >= 0.6 is 0 Å². The number of hydrogen-bond donors (Lipinski definition) is 1. The van der Waals surface area contributed by atoms with Gasteiger partial charge in [-0.3, -0.25) is 4.57 Å². The molecule has 8 heteroatoms. The van der Waals surface area contributed by atoms with E-state index in [1.165, 1.54) is 6.20 Å². The Morgan fingerprint density at radius 2 is 2.00 bits per heavy atom. The Bertz CT molecular complexity index is 738. The summed E-state index contributed by atoms with van der Waals surface area (Å²) >= 11 is 0. The molecule has 0 unspecified atom stereocenters. The summed E-state index contributed by atoms with van der Waals surface area (Å²) in [5.41, 5.74) is -0.181. The molecule has 0 atom stereocenters. The fourth-order valence-electron chi connectivity index (χ4n) is 2.99. The minimum Gasteiger partial charge on any atom is -0.367 e. The molecule has 8 nitrogen and oxygen atoms in total. The lowest BCUT2D eigenvalue weighted by atomic mass is 10.1. The Morgan fingerprint density at radius 1 is 1.20 bits per heavy atom. The Balaban J connectivity index is 1.46. The molecule has 2 aromatic rings. The van der Waals surface area contributed by atoms with Gasteiger partial charge in [-0.05, 0) is 18.9 Å². The summed E-state index contributed by atoms with van der Waals surface area (Å²) in [6.45, 7) is 3.58. The fourth-order valence-corrected chi connectivity index (χ4v) is 2.99. The van der Waals surface area contributed by atoms with Crippen molar-refractivity contribution in [3.05, 3.63) is 41.3 Å². The van der Waals surface area contributed by atoms with Crippen LogP contribution in [0.1, 0.15) is 12.8 Å². The van der Waals surface area contributed by atoms with Crippen molar-refractivity contribution in [1.82, 2.24) is 24.4 Å². The molecule has 3 rings (SSSR count). The lowest BCUT2D eigenvalue weighted by Gasteiger charge is -2.32. The largest absolute Gasteiger partial charge is 0.367 e. The SMILES string of the molecule is CN(C)c1cc(NC2CCN(CCn3cccnc3=O)CC2)ncn1. The Labute approximate surface area is 147 Å². The lowest BCUT2D eigenvalue weighted by molar-refractivity contribution is 0.210. The molecular weight excluding hydrogens is 318 g/mol. The van der Waals surface area contributed by atoms with Gasteiger partial charge in [0, 0.05) is 64.8 Å². The summed E-state index contributed by atoms with van der Waals surface area (Å²) < 4.78 is 1.66. The van der Waals surface area contributed by atoms with Crippen LogP contribution < -0.4 is 15.9 Å². The molecule has 3 heterocycles. The number of rotatable bonds is 6. The van der Waals surface area contributed by atoms with Gasteiger partial charge >= 0.3 is 5.69 Å². The van der Waals surface area contributed by atoms with E-state index in [1.54, 1.807) is 23.2 Å². The molecule has 1 fully saturated rings. The second kappa shape index (κ2) is 8.06. The van der Waals surface area contributed by atoms with Gasteiger partial charge in [-0.25, -0.2) is 19.7 Å². The van der Waals surface area contributed by atoms with E-state index in [4.69, 9.17) is 0 Å². The van der Waals surface area contributed by atoms with E-state index in [0.717, 1.165) is 44.1 Å². The standard InChI is InChI=1S/C17H25N7O/c1-22(2)16-12-15(19-13-20-16)21-14-4-8-23(9-5-14)10-11-24-7-3-6-18-17(24)25/h3,6-7,12-14H,4-5,8-11H2,1-2H3,(H,19,20,21). The van der Waals surface area contributed by atoms with Crippen LogP contribution in [0, 0.1) is 0 Å². The van der Waals surface area contributed by atoms with Gasteiger partial charge in [0.25, 0.3) is 0 Å². The summed E-state index contributed by atoms with van der Waals surface area (Å²) in [4.78, 5) is 28.3. The molecule has 1 aliphatic rings. The minimum absolute atomic E-state index is 0.181. The number of aromatic nitrogens is 4. The van der Waals surface area contributed by atoms with Crippen molar-refractivity contribution in [3.8, 4) is 0 Å². The second-order valence-electron chi connectivity index (χ2n) is 6.51. The molecule has 0 bridgehead atoms. The van der Waals surface area contributed by atoms with Crippen molar-refractivity contribution < 1.29 is 0 Å². The van der Waals surface area contributed by atoms with Crippen LogP contribution in [-0.4, -0.2) is 64.2 Å². The highest BCUT2D eigenvalue weighted by Gasteiger charge is 2.19. The highest BCUT2D eigenvalue weighted by atomic mass is 16.1. The van der Waals surface area contributed by atoms with Crippen molar-refractivity contribution in [2.45, 2.75) is 25.4 Å². The molecule has 25 heavy (non-hydrogen) atoms. The fraction of sp³-hybridized carbons (Fsp3) is 0.529. The first-order chi connectivity index (χ1) is 12.1. The van der Waals surface area contributed by atoms with Gasteiger partial charge in [0.15, 0.2) is 0 Å². The molecule has 134 valence electrons. The zero-order chi connectivity index (χ0) is 17.6. The summed E-state index contributed by atoms with van der Waals surface area (Å²) in [6.07, 6.45) is 7.04. The maximum Gasteiger partial charge on any atom is 0.347 e. The minimum atomic E-state index is -0.181. The smallest absolute Gasteiger partial charge is 0.347 e. The molecule has 0 amide bonds. The van der Waals surface area contributed by atoms with Gasteiger partial charge in [-0.15, -0.1) is 0 Å². The predicted octanol–water partition coefficient (Wildman–Crippen LogP) is 0.676. The summed E-state index contributed by atoms with van der Waals surface area (Å²) in [6, 6.07) is 4.19. The summed E-state index contributed by atoms with van der Waals surface area (Å²) in [5.74, 6) is 1.77.